The third-order valence-corrected chi connectivity index (χ3v) is 7.35. The van der Waals surface area contributed by atoms with Gasteiger partial charge in [-0.2, -0.15) is 4.36 Å². The molecule has 2 aliphatic rings. The molecule has 8 heteroatoms. The van der Waals surface area contributed by atoms with Gasteiger partial charge >= 0.3 is 0 Å². The summed E-state index contributed by atoms with van der Waals surface area (Å²) in [6.45, 7) is 0.988. The topological polar surface area (TPSA) is 92.8 Å². The summed E-state index contributed by atoms with van der Waals surface area (Å²) in [5.41, 5.74) is 6.36. The van der Waals surface area contributed by atoms with Crippen LogP contribution in [-0.2, 0) is 14.5 Å². The molecule has 2 amide bonds. The average molecular weight is 384 g/mol. The van der Waals surface area contributed by atoms with E-state index in [9.17, 15) is 13.8 Å². The van der Waals surface area contributed by atoms with Crippen molar-refractivity contribution in [3.05, 3.63) is 34.9 Å². The molecule has 136 valence electrons. The fraction of sp³-hybridized carbons (Fsp3) is 0.529. The fourth-order valence-corrected chi connectivity index (χ4v) is 5.70. The highest BCUT2D eigenvalue weighted by molar-refractivity contribution is 7.94. The van der Waals surface area contributed by atoms with Gasteiger partial charge in [0.1, 0.15) is 0 Å². The maximum Gasteiger partial charge on any atom is 0.257 e. The Morgan fingerprint density at radius 1 is 1.16 bits per heavy atom. The molecule has 1 aromatic carbocycles. The molecule has 0 aliphatic carbocycles. The van der Waals surface area contributed by atoms with Gasteiger partial charge in [-0.15, -0.1) is 0 Å². The number of carbonyl (C=O) groups excluding carboxylic acids is 2. The Hall–Kier alpha value is -1.44. The smallest absolute Gasteiger partial charge is 0.257 e. The molecule has 2 aliphatic heterocycles. The molecule has 0 bridgehead atoms. The van der Waals surface area contributed by atoms with Gasteiger partial charge < -0.3 is 10.6 Å². The minimum absolute atomic E-state index is 0.0628. The van der Waals surface area contributed by atoms with Crippen molar-refractivity contribution < 1.29 is 13.8 Å². The Labute approximate surface area is 152 Å². The number of benzene rings is 1. The molecule has 25 heavy (non-hydrogen) atoms. The first-order chi connectivity index (χ1) is 11.9. The summed E-state index contributed by atoms with van der Waals surface area (Å²) in [6.07, 6.45) is 1.75. The Kier molecular flexibility index (Phi) is 5.46. The van der Waals surface area contributed by atoms with Crippen LogP contribution in [0.15, 0.2) is 28.6 Å². The molecule has 2 N–H and O–H groups in total. The van der Waals surface area contributed by atoms with Crippen molar-refractivity contribution in [3.8, 4) is 0 Å². The summed E-state index contributed by atoms with van der Waals surface area (Å²) in [4.78, 5) is 26.5. The summed E-state index contributed by atoms with van der Waals surface area (Å²) in [7, 11) is -2.47. The number of carbonyl (C=O) groups is 2. The van der Waals surface area contributed by atoms with Gasteiger partial charge in [-0.25, -0.2) is 4.21 Å². The molecule has 2 fully saturated rings. The van der Waals surface area contributed by atoms with E-state index in [2.05, 4.69) is 4.36 Å². The monoisotopic (exact) mass is 383 g/mol. The Balaban J connectivity index is 1.59. The van der Waals surface area contributed by atoms with Crippen LogP contribution in [0.25, 0.3) is 0 Å². The first-order valence-corrected chi connectivity index (χ1v) is 10.7. The van der Waals surface area contributed by atoms with Gasteiger partial charge in [0.05, 0.1) is 9.73 Å². The number of hydrogen-bond donors (Lipinski definition) is 1. The molecule has 0 aromatic heterocycles. The molecule has 2 unspecified atom stereocenters. The van der Waals surface area contributed by atoms with Gasteiger partial charge in [0.25, 0.3) is 11.8 Å². The van der Waals surface area contributed by atoms with Crippen LogP contribution in [0.4, 0.5) is 0 Å². The second-order valence-corrected chi connectivity index (χ2v) is 9.60. The van der Waals surface area contributed by atoms with E-state index in [4.69, 9.17) is 17.3 Å². The van der Waals surface area contributed by atoms with Crippen LogP contribution in [-0.4, -0.2) is 51.6 Å². The van der Waals surface area contributed by atoms with Crippen molar-refractivity contribution >= 4 is 33.1 Å². The van der Waals surface area contributed by atoms with Crippen molar-refractivity contribution in [2.24, 2.45) is 16.0 Å². The SMILES string of the molecule is NC1CCS(=O)(=NC(=O)C2CCN(C(=O)c3ccc(Cl)cc3)CC2)C1. The zero-order valence-corrected chi connectivity index (χ0v) is 15.5. The van der Waals surface area contributed by atoms with E-state index >= 15 is 0 Å². The van der Waals surface area contributed by atoms with E-state index in [1.54, 1.807) is 29.2 Å². The van der Waals surface area contributed by atoms with Crippen molar-refractivity contribution in [2.75, 3.05) is 24.6 Å². The number of hydrogen-bond acceptors (Lipinski definition) is 4. The predicted octanol–water partition coefficient (Wildman–Crippen LogP) is 1.92. The van der Waals surface area contributed by atoms with E-state index in [-0.39, 0.29) is 23.8 Å². The number of nitrogens with zero attached hydrogens (tertiary/aromatic N) is 2. The molecule has 6 nitrogen and oxygen atoms in total. The highest BCUT2D eigenvalue weighted by Gasteiger charge is 2.30. The minimum atomic E-state index is -2.47. The first kappa shape index (κ1) is 18.4. The maximum atomic E-state index is 12.5. The second kappa shape index (κ2) is 7.43. The van der Waals surface area contributed by atoms with Crippen LogP contribution in [0.3, 0.4) is 0 Å². The number of piperidine rings is 1. The van der Waals surface area contributed by atoms with Gasteiger partial charge in [-0.1, -0.05) is 11.6 Å². The molecule has 0 spiro atoms. The highest BCUT2D eigenvalue weighted by Crippen LogP contribution is 2.23. The number of rotatable bonds is 2. The second-order valence-electron chi connectivity index (χ2n) is 6.69. The van der Waals surface area contributed by atoms with Gasteiger partial charge in [0, 0.05) is 47.1 Å². The summed E-state index contributed by atoms with van der Waals surface area (Å²) in [5, 5.41) is 0.586. The Morgan fingerprint density at radius 2 is 1.80 bits per heavy atom. The van der Waals surface area contributed by atoms with E-state index in [1.165, 1.54) is 0 Å². The molecule has 0 radical (unpaired) electrons. The molecule has 2 atom stereocenters. The zero-order valence-electron chi connectivity index (χ0n) is 13.9. The lowest BCUT2D eigenvalue weighted by Gasteiger charge is -2.30. The maximum absolute atomic E-state index is 12.5. The van der Waals surface area contributed by atoms with E-state index in [0.717, 1.165) is 0 Å². The minimum Gasteiger partial charge on any atom is -0.339 e. The van der Waals surface area contributed by atoms with Crippen LogP contribution in [0.5, 0.6) is 0 Å². The number of nitrogens with two attached hydrogens (primary N) is 1. The third-order valence-electron chi connectivity index (χ3n) is 4.76. The Bertz CT molecular complexity index is 779. The quantitative estimate of drug-likeness (QED) is 0.844. The van der Waals surface area contributed by atoms with Crippen molar-refractivity contribution in [3.63, 3.8) is 0 Å². The summed E-state index contributed by atoms with van der Waals surface area (Å²) >= 11 is 5.84. The van der Waals surface area contributed by atoms with Gasteiger partial charge in [-0.05, 0) is 43.5 Å². The van der Waals surface area contributed by atoms with Crippen molar-refractivity contribution in [2.45, 2.75) is 25.3 Å². The van der Waals surface area contributed by atoms with Crippen LogP contribution in [0.1, 0.15) is 29.6 Å². The van der Waals surface area contributed by atoms with Crippen LogP contribution in [0.2, 0.25) is 5.02 Å². The first-order valence-electron chi connectivity index (χ1n) is 8.43. The average Bonchev–Trinajstić information content (AvgIpc) is 2.93. The molecule has 2 saturated heterocycles. The summed E-state index contributed by atoms with van der Waals surface area (Å²) in [5.74, 6) is 0.106. The molecule has 3 rings (SSSR count). The Morgan fingerprint density at radius 3 is 2.36 bits per heavy atom. The van der Waals surface area contributed by atoms with E-state index < -0.39 is 9.73 Å². The lowest BCUT2D eigenvalue weighted by Crippen LogP contribution is -2.40. The lowest BCUT2D eigenvalue weighted by molar-refractivity contribution is -0.122. The fourth-order valence-electron chi connectivity index (χ4n) is 3.26. The van der Waals surface area contributed by atoms with Crippen LogP contribution < -0.4 is 5.73 Å². The predicted molar refractivity (Wildman–Crippen MR) is 98.0 cm³/mol. The highest BCUT2D eigenvalue weighted by atomic mass is 35.5. The lowest BCUT2D eigenvalue weighted by atomic mass is 9.96. The van der Waals surface area contributed by atoms with Crippen molar-refractivity contribution in [1.82, 2.24) is 4.90 Å². The standard InChI is InChI=1S/C17H22ClN3O3S/c18-14-3-1-13(2-4-14)17(23)21-8-5-12(6-9-21)16(22)20-25(24)10-7-15(19)11-25/h1-4,12,15H,5-11,19H2. The summed E-state index contributed by atoms with van der Waals surface area (Å²) in [6, 6.07) is 6.65. The third kappa shape index (κ3) is 4.40. The molecular weight excluding hydrogens is 362 g/mol. The molecule has 1 aromatic rings. The van der Waals surface area contributed by atoms with E-state index in [1.807, 2.05) is 0 Å². The van der Waals surface area contributed by atoms with E-state index in [0.29, 0.717) is 54.4 Å². The summed E-state index contributed by atoms with van der Waals surface area (Å²) < 4.78 is 16.5. The molecular formula is C17H22ClN3O3S. The molecule has 2 heterocycles. The van der Waals surface area contributed by atoms with Gasteiger partial charge in [-0.3, -0.25) is 9.59 Å². The number of halogens is 1. The van der Waals surface area contributed by atoms with Crippen LogP contribution >= 0.6 is 11.6 Å². The largest absolute Gasteiger partial charge is 0.339 e. The number of likely N-dealkylation sites (tertiary alicyclic amines) is 1. The number of amides is 2. The van der Waals surface area contributed by atoms with Crippen molar-refractivity contribution in [1.29, 1.82) is 0 Å². The van der Waals surface area contributed by atoms with Crippen LogP contribution in [0, 0.1) is 5.92 Å². The van der Waals surface area contributed by atoms with Gasteiger partial charge in [0.15, 0.2) is 0 Å². The van der Waals surface area contributed by atoms with Gasteiger partial charge in [0.2, 0.25) is 0 Å². The zero-order chi connectivity index (χ0) is 18.0. The molecule has 0 saturated carbocycles. The normalized spacial score (nSPS) is 27.3.